The van der Waals surface area contributed by atoms with E-state index in [4.69, 9.17) is 10.0 Å². The summed E-state index contributed by atoms with van der Waals surface area (Å²) in [4.78, 5) is 0. The van der Waals surface area contributed by atoms with E-state index < -0.39 is 7.12 Å². The van der Waals surface area contributed by atoms with Crippen molar-refractivity contribution in [2.75, 3.05) is 0 Å². The first-order valence-electron chi connectivity index (χ1n) is 3.75. The van der Waals surface area contributed by atoms with E-state index in [1.165, 1.54) is 6.42 Å². The van der Waals surface area contributed by atoms with Gasteiger partial charge in [-0.3, -0.25) is 0 Å². The first-order chi connectivity index (χ1) is 4.68. The van der Waals surface area contributed by atoms with Crippen molar-refractivity contribution < 1.29 is 53.2 Å². The summed E-state index contributed by atoms with van der Waals surface area (Å²) in [5, 5.41) is 15.8. The molecule has 0 spiro atoms. The van der Waals surface area contributed by atoms with Crippen molar-refractivity contribution in [1.82, 2.24) is 0 Å². The fraction of sp³-hybridized carbons (Fsp3) is 0.900. The van der Waals surface area contributed by atoms with Gasteiger partial charge in [0.1, 0.15) is 0 Å². The Morgan fingerprint density at radius 1 is 0.875 bits per heavy atom. The molecule has 16 heavy (non-hydrogen) atoms. The molecule has 0 aliphatic carbocycles. The zero-order valence-electron chi connectivity index (χ0n) is 10.0. The Hall–Kier alpha value is 1.14. The minimum atomic E-state index is -1.12. The molecule has 0 saturated carbocycles. The van der Waals surface area contributed by atoms with Crippen molar-refractivity contribution in [3.05, 3.63) is 6.92 Å². The smallest absolute Gasteiger partial charge is 0.870 e. The van der Waals surface area contributed by atoms with Gasteiger partial charge in [0.15, 0.2) is 0 Å². The molecule has 6 heteroatoms. The van der Waals surface area contributed by atoms with Gasteiger partial charge in [0.25, 0.3) is 0 Å². The molecule has 0 aromatic heterocycles. The summed E-state index contributed by atoms with van der Waals surface area (Å²) in [6.45, 7) is 10.9. The second-order valence-electron chi connectivity index (χ2n) is 1.60. The third-order valence-corrected chi connectivity index (χ3v) is 0.365. The van der Waals surface area contributed by atoms with Crippen LogP contribution < -0.4 is 37.7 Å². The maximum Gasteiger partial charge on any atom is 1.00 e. The van der Waals surface area contributed by atoms with E-state index in [9.17, 15) is 0 Å². The summed E-state index contributed by atoms with van der Waals surface area (Å²) in [5.41, 5.74) is 0. The van der Waals surface area contributed by atoms with Crippen molar-refractivity contribution in [1.29, 1.82) is 0 Å². The van der Waals surface area contributed by atoms with Crippen molar-refractivity contribution in [2.45, 2.75) is 62.7 Å². The quantitative estimate of drug-likeness (QED) is 0.383. The molecule has 3 N–H and O–H groups in total. The summed E-state index contributed by atoms with van der Waals surface area (Å²) in [7, 11) is -1.12. The monoisotopic (exact) mass is 226 g/mol. The van der Waals surface area contributed by atoms with Crippen LogP contribution in [0.25, 0.3) is 0 Å². The summed E-state index contributed by atoms with van der Waals surface area (Å²) in [6.07, 6.45) is 1.67. The molecule has 0 bridgehead atoms. The van der Waals surface area contributed by atoms with E-state index in [1.54, 1.807) is 13.8 Å². The average molecular weight is 226 g/mol. The van der Waals surface area contributed by atoms with E-state index in [2.05, 4.69) is 20.8 Å². The normalized spacial score (nSPS) is 3.94. The molecule has 0 heterocycles. The van der Waals surface area contributed by atoms with Crippen LogP contribution >= 0.6 is 0 Å². The summed E-state index contributed by atoms with van der Waals surface area (Å²) in [6, 6.07) is 0. The van der Waals surface area contributed by atoms with Crippen molar-refractivity contribution >= 4 is 7.12 Å². The molecular weight excluding hydrogens is 193 g/mol. The van der Waals surface area contributed by atoms with Gasteiger partial charge >= 0.3 is 44.8 Å². The van der Waals surface area contributed by atoms with Gasteiger partial charge in [-0.15, -0.1) is 0 Å². The number of hydrogen-bond donors (Lipinski definition) is 2. The minimum Gasteiger partial charge on any atom is -0.870 e. The topological polar surface area (TPSA) is 70.5 Å². The Kier molecular flexibility index (Phi) is 413. The van der Waals surface area contributed by atoms with Crippen LogP contribution in [0.2, 0.25) is 6.32 Å². The van der Waals surface area contributed by atoms with Crippen LogP contribution in [0.3, 0.4) is 0 Å². The molecule has 0 aromatic carbocycles. The van der Waals surface area contributed by atoms with Gasteiger partial charge in [0, 0.05) is 0 Å². The molecule has 3 nitrogen and oxygen atoms in total. The minimum absolute atomic E-state index is 0. The fourth-order valence-electron chi connectivity index (χ4n) is 0. The number of rotatable bonds is 1. The van der Waals surface area contributed by atoms with Gasteiger partial charge in [-0.2, -0.15) is 6.92 Å². The maximum absolute atomic E-state index is 7.92. The van der Waals surface area contributed by atoms with Crippen LogP contribution in [-0.2, 0) is 0 Å². The second kappa shape index (κ2) is 98.1. The van der Waals surface area contributed by atoms with E-state index in [-0.39, 0.29) is 65.5 Å². The van der Waals surface area contributed by atoms with Crippen molar-refractivity contribution in [2.24, 2.45) is 0 Å². The Bertz CT molecular complexity index is 45.2. The van der Waals surface area contributed by atoms with E-state index in [0.29, 0.717) is 6.32 Å². The van der Waals surface area contributed by atoms with Gasteiger partial charge in [-0.1, -0.05) is 49.5 Å². The third-order valence-electron chi connectivity index (χ3n) is 0.365. The number of hydrogen-bond acceptors (Lipinski definition) is 3. The average Bonchev–Trinajstić information content (AvgIpc) is 1.94. The summed E-state index contributed by atoms with van der Waals surface area (Å²) < 4.78 is 0. The molecule has 0 saturated heterocycles. The predicted molar refractivity (Wildman–Crippen MR) is 69.8 cm³/mol. The van der Waals surface area contributed by atoms with E-state index >= 15 is 0 Å². The van der Waals surface area contributed by atoms with Crippen LogP contribution in [0, 0.1) is 6.92 Å². The molecule has 0 atom stereocenters. The molecule has 0 unspecified atom stereocenters. The zero-order valence-corrected chi connectivity index (χ0v) is 10.0. The van der Waals surface area contributed by atoms with Crippen LogP contribution in [0.15, 0.2) is 0 Å². The Labute approximate surface area is 130 Å². The SMILES string of the molecule is C.C.C.CCB(O)O.CCC.[CH2-]C.[Li+].[Li+].[OH-]. The fourth-order valence-corrected chi connectivity index (χ4v) is 0. The van der Waals surface area contributed by atoms with Crippen LogP contribution in [-0.4, -0.2) is 22.6 Å². The van der Waals surface area contributed by atoms with Gasteiger partial charge in [0.2, 0.25) is 0 Å². The molecule has 0 amide bonds. The zero-order chi connectivity index (χ0) is 8.99. The maximum atomic E-state index is 7.92. The van der Waals surface area contributed by atoms with Crippen LogP contribution in [0.1, 0.15) is 56.4 Å². The van der Waals surface area contributed by atoms with Gasteiger partial charge in [-0.05, 0) is 6.32 Å². The molecule has 0 rings (SSSR count). The molecular formula is C10H33BLi2O3. The van der Waals surface area contributed by atoms with Crippen molar-refractivity contribution in [3.63, 3.8) is 0 Å². The van der Waals surface area contributed by atoms with Crippen LogP contribution in [0.5, 0.6) is 0 Å². The molecule has 0 aromatic rings. The Morgan fingerprint density at radius 2 is 0.938 bits per heavy atom. The third kappa shape index (κ3) is 307. The van der Waals surface area contributed by atoms with Gasteiger partial charge < -0.3 is 22.4 Å². The Morgan fingerprint density at radius 3 is 0.938 bits per heavy atom. The molecule has 0 radical (unpaired) electrons. The van der Waals surface area contributed by atoms with E-state index in [1.807, 2.05) is 0 Å². The molecule has 0 aliphatic heterocycles. The Balaban J connectivity index is -0.00000000589. The predicted octanol–water partition coefficient (Wildman–Crippen LogP) is -2.52. The van der Waals surface area contributed by atoms with Crippen molar-refractivity contribution in [3.8, 4) is 0 Å². The second-order valence-corrected chi connectivity index (χ2v) is 1.60. The standard InChI is InChI=1S/C3H8.C2H7BO2.C2H5.3CH4.2Li.H2O/c1-3-2;1-2-3(4)5;1-2;;;;;;/h3H2,1-2H3;4-5H,2H2,1H3;1H2,2H3;3*1H4;;;1H2/q;;-1;;;;2*+1;/p-1. The summed E-state index contributed by atoms with van der Waals surface area (Å²) in [5.74, 6) is 0. The van der Waals surface area contributed by atoms with Gasteiger partial charge in [-0.25, -0.2) is 0 Å². The first-order valence-corrected chi connectivity index (χ1v) is 3.75. The largest absolute Gasteiger partial charge is 1.00 e. The first kappa shape index (κ1) is 67.4. The molecule has 0 aliphatic rings. The van der Waals surface area contributed by atoms with Crippen LogP contribution in [0.4, 0.5) is 0 Å². The summed E-state index contributed by atoms with van der Waals surface area (Å²) >= 11 is 0. The molecule has 0 fully saturated rings. The van der Waals surface area contributed by atoms with E-state index in [0.717, 1.165) is 0 Å². The molecule has 96 valence electrons. The van der Waals surface area contributed by atoms with Gasteiger partial charge in [0.05, 0.1) is 0 Å².